The molecule has 0 aliphatic heterocycles. The molecule has 0 saturated carbocycles. The molecular weight excluding hydrogens is 256 g/mol. The van der Waals surface area contributed by atoms with Gasteiger partial charge in [-0.1, -0.05) is 28.8 Å². The molecule has 1 amide bonds. The first kappa shape index (κ1) is 12.4. The molecule has 0 saturated heterocycles. The number of anilines is 2. The lowest BCUT2D eigenvalue weighted by Gasteiger charge is -2.05. The number of nitrogens with two attached hydrogens (primary N) is 1. The molecule has 0 bridgehead atoms. The van der Waals surface area contributed by atoms with Crippen molar-refractivity contribution in [2.45, 2.75) is 12.8 Å². The Bertz CT molecular complexity index is 555. The van der Waals surface area contributed by atoms with Gasteiger partial charge in [-0.15, -0.1) is 5.10 Å². The Kier molecular flexibility index (Phi) is 3.78. The van der Waals surface area contributed by atoms with Gasteiger partial charge in [-0.3, -0.25) is 4.79 Å². The van der Waals surface area contributed by atoms with E-state index in [4.69, 9.17) is 21.8 Å². The van der Waals surface area contributed by atoms with E-state index in [0.29, 0.717) is 23.0 Å². The summed E-state index contributed by atoms with van der Waals surface area (Å²) < 4.78 is 4.96. The third kappa shape index (κ3) is 3.21. The highest BCUT2D eigenvalue weighted by atomic mass is 35.5. The minimum Gasteiger partial charge on any atom is -0.408 e. The van der Waals surface area contributed by atoms with Gasteiger partial charge in [0.1, 0.15) is 0 Å². The zero-order chi connectivity index (χ0) is 13.0. The fourth-order valence-corrected chi connectivity index (χ4v) is 1.55. The highest BCUT2D eigenvalue weighted by Crippen LogP contribution is 2.20. The largest absolute Gasteiger partial charge is 0.408 e. The van der Waals surface area contributed by atoms with Crippen molar-refractivity contribution in [2.24, 2.45) is 0 Å². The fraction of sp³-hybridized carbons (Fsp3) is 0.182. The minimum absolute atomic E-state index is 0.00323. The molecule has 1 heterocycles. The fourth-order valence-electron chi connectivity index (χ4n) is 1.36. The predicted octanol–water partition coefficient (Wildman–Crippen LogP) is 1.88. The van der Waals surface area contributed by atoms with Gasteiger partial charge in [-0.05, 0) is 12.1 Å². The zero-order valence-electron chi connectivity index (χ0n) is 9.39. The van der Waals surface area contributed by atoms with Gasteiger partial charge in [0, 0.05) is 12.8 Å². The van der Waals surface area contributed by atoms with Gasteiger partial charge in [0.05, 0.1) is 10.7 Å². The zero-order valence-corrected chi connectivity index (χ0v) is 10.1. The molecule has 3 N–H and O–H groups in total. The van der Waals surface area contributed by atoms with Crippen LogP contribution in [0.3, 0.4) is 0 Å². The van der Waals surface area contributed by atoms with Crippen molar-refractivity contribution in [3.05, 3.63) is 35.2 Å². The Morgan fingerprint density at radius 3 is 2.83 bits per heavy atom. The molecule has 2 aromatic rings. The maximum Gasteiger partial charge on any atom is 0.312 e. The molecule has 0 aliphatic carbocycles. The van der Waals surface area contributed by atoms with Crippen LogP contribution in [-0.2, 0) is 11.2 Å². The number of carbonyl (C=O) groups excluding carboxylic acids is 1. The second kappa shape index (κ2) is 5.50. The first-order valence-electron chi connectivity index (χ1n) is 5.27. The standard InChI is InChI=1S/C11H11ClN4O2/c12-7-3-1-2-4-8(7)14-9(17)5-6-10-15-16-11(13)18-10/h1-4H,5-6H2,(H2,13,16)(H,14,17). The van der Waals surface area contributed by atoms with Crippen LogP contribution in [0.4, 0.5) is 11.7 Å². The second-order valence-corrected chi connectivity index (χ2v) is 3.97. The number of benzene rings is 1. The summed E-state index contributed by atoms with van der Waals surface area (Å²) in [5, 5.41) is 10.4. The number of nitrogens with zero attached hydrogens (tertiary/aromatic N) is 2. The van der Waals surface area contributed by atoms with Crippen LogP contribution in [0.1, 0.15) is 12.3 Å². The van der Waals surface area contributed by atoms with Gasteiger partial charge >= 0.3 is 6.01 Å². The number of nitrogen functional groups attached to an aromatic ring is 1. The number of hydrogen-bond donors (Lipinski definition) is 2. The summed E-state index contributed by atoms with van der Waals surface area (Å²) >= 11 is 5.92. The molecule has 1 aromatic carbocycles. The molecule has 1 aromatic heterocycles. The monoisotopic (exact) mass is 266 g/mol. The minimum atomic E-state index is -0.181. The molecule has 6 nitrogen and oxygen atoms in total. The van der Waals surface area contributed by atoms with Crippen LogP contribution in [0.15, 0.2) is 28.7 Å². The van der Waals surface area contributed by atoms with Crippen molar-refractivity contribution in [3.63, 3.8) is 0 Å². The maximum absolute atomic E-state index is 11.7. The van der Waals surface area contributed by atoms with E-state index in [-0.39, 0.29) is 18.3 Å². The van der Waals surface area contributed by atoms with Crippen LogP contribution in [0, 0.1) is 0 Å². The predicted molar refractivity (Wildman–Crippen MR) is 67.1 cm³/mol. The van der Waals surface area contributed by atoms with Crippen molar-refractivity contribution in [1.82, 2.24) is 10.2 Å². The van der Waals surface area contributed by atoms with Gasteiger partial charge in [0.25, 0.3) is 0 Å². The summed E-state index contributed by atoms with van der Waals surface area (Å²) in [6.45, 7) is 0. The Balaban J connectivity index is 1.88. The number of para-hydroxylation sites is 1. The molecule has 0 radical (unpaired) electrons. The van der Waals surface area contributed by atoms with E-state index >= 15 is 0 Å². The van der Waals surface area contributed by atoms with Gasteiger partial charge in [0.15, 0.2) is 0 Å². The van der Waals surface area contributed by atoms with Gasteiger partial charge in [-0.2, -0.15) is 0 Å². The van der Waals surface area contributed by atoms with Crippen LogP contribution in [0.2, 0.25) is 5.02 Å². The molecule has 0 aliphatic rings. The van der Waals surface area contributed by atoms with Crippen LogP contribution >= 0.6 is 11.6 Å². The van der Waals surface area contributed by atoms with Gasteiger partial charge < -0.3 is 15.5 Å². The SMILES string of the molecule is Nc1nnc(CCC(=O)Nc2ccccc2Cl)o1. The first-order valence-corrected chi connectivity index (χ1v) is 5.65. The van der Waals surface area contributed by atoms with Crippen LogP contribution in [0.25, 0.3) is 0 Å². The van der Waals surface area contributed by atoms with Crippen LogP contribution in [-0.4, -0.2) is 16.1 Å². The topological polar surface area (TPSA) is 94.0 Å². The summed E-state index contributed by atoms with van der Waals surface area (Å²) in [6.07, 6.45) is 0.549. The molecule has 0 fully saturated rings. The van der Waals surface area contributed by atoms with E-state index in [9.17, 15) is 4.79 Å². The van der Waals surface area contributed by atoms with Crippen molar-refractivity contribution in [3.8, 4) is 0 Å². The number of aryl methyl sites for hydroxylation is 1. The second-order valence-electron chi connectivity index (χ2n) is 3.56. The van der Waals surface area contributed by atoms with Gasteiger partial charge in [-0.25, -0.2) is 0 Å². The highest BCUT2D eigenvalue weighted by molar-refractivity contribution is 6.33. The number of aromatic nitrogens is 2. The quantitative estimate of drug-likeness (QED) is 0.881. The van der Waals surface area contributed by atoms with Crippen molar-refractivity contribution >= 4 is 29.2 Å². The molecule has 0 unspecified atom stereocenters. The molecule has 94 valence electrons. The number of amides is 1. The Labute approximate surface area is 108 Å². The molecule has 0 spiro atoms. The van der Waals surface area contributed by atoms with E-state index in [1.807, 2.05) is 0 Å². The number of carbonyl (C=O) groups is 1. The summed E-state index contributed by atoms with van der Waals surface area (Å²) in [5.74, 6) is 0.154. The summed E-state index contributed by atoms with van der Waals surface area (Å²) in [5.41, 5.74) is 5.85. The molecular formula is C11H11ClN4O2. The number of halogens is 1. The van der Waals surface area contributed by atoms with Crippen LogP contribution < -0.4 is 11.1 Å². The highest BCUT2D eigenvalue weighted by Gasteiger charge is 2.08. The third-order valence-electron chi connectivity index (χ3n) is 2.20. The summed E-state index contributed by atoms with van der Waals surface area (Å²) in [7, 11) is 0. The van der Waals surface area contributed by atoms with E-state index in [0.717, 1.165) is 0 Å². The Hall–Kier alpha value is -2.08. The summed E-state index contributed by atoms with van der Waals surface area (Å²) in [4.78, 5) is 11.7. The van der Waals surface area contributed by atoms with E-state index in [1.54, 1.807) is 24.3 Å². The number of hydrogen-bond acceptors (Lipinski definition) is 5. The van der Waals surface area contributed by atoms with Crippen LogP contribution in [0.5, 0.6) is 0 Å². The molecule has 2 rings (SSSR count). The van der Waals surface area contributed by atoms with Crippen molar-refractivity contribution < 1.29 is 9.21 Å². The molecule has 7 heteroatoms. The Morgan fingerprint density at radius 1 is 1.39 bits per heavy atom. The average Bonchev–Trinajstić information content (AvgIpc) is 2.76. The van der Waals surface area contributed by atoms with E-state index in [2.05, 4.69) is 15.5 Å². The lowest BCUT2D eigenvalue weighted by atomic mass is 10.2. The van der Waals surface area contributed by atoms with Crippen molar-refractivity contribution in [2.75, 3.05) is 11.1 Å². The van der Waals surface area contributed by atoms with E-state index < -0.39 is 0 Å². The first-order chi connectivity index (χ1) is 8.65. The molecule has 0 atom stereocenters. The maximum atomic E-state index is 11.7. The smallest absolute Gasteiger partial charge is 0.312 e. The normalized spacial score (nSPS) is 10.3. The number of rotatable bonds is 4. The van der Waals surface area contributed by atoms with E-state index in [1.165, 1.54) is 0 Å². The number of nitrogens with one attached hydrogen (secondary N) is 1. The van der Waals surface area contributed by atoms with Crippen molar-refractivity contribution in [1.29, 1.82) is 0 Å². The average molecular weight is 267 g/mol. The lowest BCUT2D eigenvalue weighted by molar-refractivity contribution is -0.116. The summed E-state index contributed by atoms with van der Waals surface area (Å²) in [6, 6.07) is 7.01. The molecule has 18 heavy (non-hydrogen) atoms. The lowest BCUT2D eigenvalue weighted by Crippen LogP contribution is -2.12. The Morgan fingerprint density at radius 2 is 2.17 bits per heavy atom. The third-order valence-corrected chi connectivity index (χ3v) is 2.53. The van der Waals surface area contributed by atoms with Gasteiger partial charge in [0.2, 0.25) is 11.8 Å².